The molecule has 1 aromatic carbocycles. The first-order valence-corrected chi connectivity index (χ1v) is 6.06. The third-order valence-corrected chi connectivity index (χ3v) is 3.22. The molecule has 0 bridgehead atoms. The van der Waals surface area contributed by atoms with Crippen molar-refractivity contribution in [3.05, 3.63) is 29.6 Å². The highest BCUT2D eigenvalue weighted by Gasteiger charge is 2.32. The van der Waals surface area contributed by atoms with E-state index in [1.807, 2.05) is 0 Å². The van der Waals surface area contributed by atoms with E-state index in [9.17, 15) is 14.0 Å². The van der Waals surface area contributed by atoms with Crippen LogP contribution in [0.4, 0.5) is 10.1 Å². The lowest BCUT2D eigenvalue weighted by molar-refractivity contribution is -0.132. The number of nitrogens with two attached hydrogens (primary N) is 1. The van der Waals surface area contributed by atoms with Gasteiger partial charge in [0.05, 0.1) is 6.54 Å². The molecule has 0 saturated carbocycles. The fourth-order valence-electron chi connectivity index (χ4n) is 2.24. The van der Waals surface area contributed by atoms with E-state index in [4.69, 9.17) is 5.73 Å². The summed E-state index contributed by atoms with van der Waals surface area (Å²) < 4.78 is 13.9. The van der Waals surface area contributed by atoms with Gasteiger partial charge < -0.3 is 10.6 Å². The largest absolute Gasteiger partial charge is 0.350 e. The van der Waals surface area contributed by atoms with Crippen LogP contribution in [0, 0.1) is 5.82 Å². The standard InChI is InChI=1S/C13H16FN3O2/c1-7(15)12-9(14)4-3-5-10(12)17-6-11(18)16-13(19)8(17)2/h3-5,7-8H,6,15H2,1-2H3,(H,16,18,19)/t7-,8?/m1/s1. The summed E-state index contributed by atoms with van der Waals surface area (Å²) in [6.45, 7) is 3.34. The van der Waals surface area contributed by atoms with E-state index >= 15 is 0 Å². The quantitative estimate of drug-likeness (QED) is 0.772. The van der Waals surface area contributed by atoms with Gasteiger partial charge in [0, 0.05) is 17.3 Å². The number of hydrogen-bond acceptors (Lipinski definition) is 4. The predicted octanol–water partition coefficient (Wildman–Crippen LogP) is 0.697. The first-order chi connectivity index (χ1) is 8.91. The number of rotatable bonds is 2. The van der Waals surface area contributed by atoms with Gasteiger partial charge in [-0.2, -0.15) is 0 Å². The van der Waals surface area contributed by atoms with Crippen molar-refractivity contribution >= 4 is 17.5 Å². The van der Waals surface area contributed by atoms with Crippen molar-refractivity contribution in [3.63, 3.8) is 0 Å². The fourth-order valence-corrected chi connectivity index (χ4v) is 2.24. The lowest BCUT2D eigenvalue weighted by Gasteiger charge is -2.35. The molecule has 1 saturated heterocycles. The zero-order valence-corrected chi connectivity index (χ0v) is 10.8. The molecule has 1 unspecified atom stereocenters. The van der Waals surface area contributed by atoms with Gasteiger partial charge in [0.25, 0.3) is 0 Å². The third kappa shape index (κ3) is 2.44. The number of carbonyl (C=O) groups is 2. The van der Waals surface area contributed by atoms with Crippen molar-refractivity contribution in [3.8, 4) is 0 Å². The Hall–Kier alpha value is -1.95. The van der Waals surface area contributed by atoms with Crippen molar-refractivity contribution < 1.29 is 14.0 Å². The van der Waals surface area contributed by atoms with E-state index in [0.717, 1.165) is 0 Å². The Balaban J connectivity index is 2.49. The Morgan fingerprint density at radius 2 is 2.16 bits per heavy atom. The summed E-state index contributed by atoms with van der Waals surface area (Å²) in [4.78, 5) is 24.7. The number of imide groups is 1. The van der Waals surface area contributed by atoms with Gasteiger partial charge in [-0.25, -0.2) is 4.39 Å². The number of benzene rings is 1. The highest BCUT2D eigenvalue weighted by Crippen LogP contribution is 2.29. The minimum Gasteiger partial charge on any atom is -0.350 e. The minimum absolute atomic E-state index is 0.01000. The van der Waals surface area contributed by atoms with Crippen LogP contribution in [0.25, 0.3) is 0 Å². The highest BCUT2D eigenvalue weighted by atomic mass is 19.1. The van der Waals surface area contributed by atoms with Crippen LogP contribution in [0.1, 0.15) is 25.5 Å². The van der Waals surface area contributed by atoms with E-state index < -0.39 is 29.7 Å². The molecule has 2 amide bonds. The van der Waals surface area contributed by atoms with Gasteiger partial charge in [-0.15, -0.1) is 0 Å². The summed E-state index contributed by atoms with van der Waals surface area (Å²) in [5.41, 5.74) is 6.59. The Kier molecular flexibility index (Phi) is 3.53. The zero-order valence-electron chi connectivity index (χ0n) is 10.8. The maximum atomic E-state index is 13.9. The van der Waals surface area contributed by atoms with Gasteiger partial charge in [0.2, 0.25) is 11.8 Å². The lowest BCUT2D eigenvalue weighted by atomic mass is 10.0. The number of hydrogen-bond donors (Lipinski definition) is 2. The molecule has 0 spiro atoms. The topological polar surface area (TPSA) is 75.4 Å². The maximum absolute atomic E-state index is 13.9. The molecule has 5 nitrogen and oxygen atoms in total. The molecule has 1 aliphatic heterocycles. The van der Waals surface area contributed by atoms with Crippen LogP contribution in [0.15, 0.2) is 18.2 Å². The molecule has 102 valence electrons. The summed E-state index contributed by atoms with van der Waals surface area (Å²) in [5, 5.41) is 2.25. The van der Waals surface area contributed by atoms with Crippen molar-refractivity contribution in [2.24, 2.45) is 5.73 Å². The van der Waals surface area contributed by atoms with Crippen LogP contribution >= 0.6 is 0 Å². The fraction of sp³-hybridized carbons (Fsp3) is 0.385. The van der Waals surface area contributed by atoms with Crippen LogP contribution in [-0.2, 0) is 9.59 Å². The van der Waals surface area contributed by atoms with Crippen LogP contribution < -0.4 is 16.0 Å². The van der Waals surface area contributed by atoms with E-state index in [-0.39, 0.29) is 6.54 Å². The van der Waals surface area contributed by atoms with Gasteiger partial charge in [-0.3, -0.25) is 14.9 Å². The Morgan fingerprint density at radius 3 is 2.79 bits per heavy atom. The Labute approximate surface area is 110 Å². The normalized spacial score (nSPS) is 21.3. The van der Waals surface area contributed by atoms with E-state index in [1.54, 1.807) is 30.9 Å². The molecule has 0 radical (unpaired) electrons. The van der Waals surface area contributed by atoms with Crippen LogP contribution in [-0.4, -0.2) is 24.4 Å². The minimum atomic E-state index is -0.544. The van der Waals surface area contributed by atoms with Gasteiger partial charge >= 0.3 is 0 Å². The Morgan fingerprint density at radius 1 is 1.47 bits per heavy atom. The maximum Gasteiger partial charge on any atom is 0.249 e. The predicted molar refractivity (Wildman–Crippen MR) is 69.0 cm³/mol. The van der Waals surface area contributed by atoms with Crippen molar-refractivity contribution in [1.82, 2.24) is 5.32 Å². The summed E-state index contributed by atoms with van der Waals surface area (Å²) in [6, 6.07) is 3.46. The first-order valence-electron chi connectivity index (χ1n) is 6.06. The second kappa shape index (κ2) is 4.97. The summed E-state index contributed by atoms with van der Waals surface area (Å²) in [7, 11) is 0. The monoisotopic (exact) mass is 265 g/mol. The average molecular weight is 265 g/mol. The SMILES string of the molecule is CC1C(=O)NC(=O)CN1c1cccc(F)c1[C@@H](C)N. The second-order valence-corrected chi connectivity index (χ2v) is 4.68. The molecule has 1 fully saturated rings. The first kappa shape index (κ1) is 13.5. The summed E-state index contributed by atoms with van der Waals surface area (Å²) in [6.07, 6.45) is 0. The molecule has 1 aliphatic rings. The molecule has 1 heterocycles. The number of nitrogens with zero attached hydrogens (tertiary/aromatic N) is 1. The second-order valence-electron chi connectivity index (χ2n) is 4.68. The van der Waals surface area contributed by atoms with Crippen LogP contribution in [0.5, 0.6) is 0 Å². The molecule has 1 aromatic rings. The van der Waals surface area contributed by atoms with Gasteiger partial charge in [-0.1, -0.05) is 6.07 Å². The van der Waals surface area contributed by atoms with Crippen LogP contribution in [0.3, 0.4) is 0 Å². The molecular formula is C13H16FN3O2. The van der Waals surface area contributed by atoms with Gasteiger partial charge in [0.15, 0.2) is 0 Å². The van der Waals surface area contributed by atoms with E-state index in [1.165, 1.54) is 6.07 Å². The lowest BCUT2D eigenvalue weighted by Crippen LogP contribution is -2.57. The highest BCUT2D eigenvalue weighted by molar-refractivity contribution is 6.04. The third-order valence-electron chi connectivity index (χ3n) is 3.22. The summed E-state index contributed by atoms with van der Waals surface area (Å²) >= 11 is 0. The number of anilines is 1. The van der Waals surface area contributed by atoms with Crippen molar-refractivity contribution in [1.29, 1.82) is 0 Å². The number of nitrogens with one attached hydrogen (secondary N) is 1. The molecule has 0 aromatic heterocycles. The number of piperazine rings is 1. The number of carbonyl (C=O) groups excluding carboxylic acids is 2. The molecule has 2 rings (SSSR count). The Bertz CT molecular complexity index is 531. The number of amides is 2. The molecule has 19 heavy (non-hydrogen) atoms. The summed E-state index contributed by atoms with van der Waals surface area (Å²) in [5.74, 6) is -1.22. The van der Waals surface area contributed by atoms with Gasteiger partial charge in [-0.05, 0) is 26.0 Å². The van der Waals surface area contributed by atoms with Crippen molar-refractivity contribution in [2.75, 3.05) is 11.4 Å². The molecular weight excluding hydrogens is 249 g/mol. The number of halogens is 1. The molecule has 6 heteroatoms. The van der Waals surface area contributed by atoms with Gasteiger partial charge in [0.1, 0.15) is 11.9 Å². The zero-order chi connectivity index (χ0) is 14.2. The van der Waals surface area contributed by atoms with E-state index in [0.29, 0.717) is 11.3 Å². The smallest absolute Gasteiger partial charge is 0.249 e. The average Bonchev–Trinajstić information content (AvgIpc) is 2.33. The molecule has 0 aliphatic carbocycles. The van der Waals surface area contributed by atoms with Crippen LogP contribution in [0.2, 0.25) is 0 Å². The molecule has 3 N–H and O–H groups in total. The molecule has 2 atom stereocenters. The van der Waals surface area contributed by atoms with E-state index in [2.05, 4.69) is 5.32 Å². The van der Waals surface area contributed by atoms with Crippen molar-refractivity contribution in [2.45, 2.75) is 25.9 Å².